The molecule has 0 aliphatic carbocycles. The molecule has 0 amide bonds. The fourth-order valence-electron chi connectivity index (χ4n) is 2.51. The van der Waals surface area contributed by atoms with E-state index < -0.39 is 15.8 Å². The molecule has 21 heavy (non-hydrogen) atoms. The molecule has 3 rings (SSSR count). The predicted molar refractivity (Wildman–Crippen MR) is 75.7 cm³/mol. The Morgan fingerprint density at radius 1 is 0.952 bits per heavy atom. The molecule has 0 atom stereocenters. The fourth-order valence-corrected chi connectivity index (χ4v) is 4.06. The van der Waals surface area contributed by atoms with E-state index in [9.17, 15) is 17.2 Å². The number of fused-ring (bicyclic) bond motifs is 1. The van der Waals surface area contributed by atoms with Crippen LogP contribution in [0.15, 0.2) is 47.4 Å². The number of sulfonamides is 1. The van der Waals surface area contributed by atoms with Crippen molar-refractivity contribution in [3.63, 3.8) is 0 Å². The molecule has 0 aromatic heterocycles. The Labute approximate surface area is 121 Å². The molecule has 1 aliphatic heterocycles. The van der Waals surface area contributed by atoms with E-state index >= 15 is 0 Å². The van der Waals surface area contributed by atoms with Gasteiger partial charge in [0.05, 0.1) is 10.6 Å². The lowest BCUT2D eigenvalue weighted by molar-refractivity contribution is 0.584. The van der Waals surface area contributed by atoms with Crippen LogP contribution in [0.4, 0.5) is 14.5 Å². The van der Waals surface area contributed by atoms with Gasteiger partial charge in [0.2, 0.25) is 0 Å². The molecule has 110 valence electrons. The molecule has 0 saturated heterocycles. The molecule has 2 aromatic carbocycles. The van der Waals surface area contributed by atoms with E-state index in [1.165, 1.54) is 34.6 Å². The van der Waals surface area contributed by atoms with Gasteiger partial charge in [-0.05, 0) is 60.9 Å². The number of halogens is 2. The van der Waals surface area contributed by atoms with Gasteiger partial charge in [0.25, 0.3) is 10.0 Å². The Hall–Kier alpha value is -1.95. The zero-order chi connectivity index (χ0) is 15.0. The van der Waals surface area contributed by atoms with Crippen molar-refractivity contribution in [3.05, 3.63) is 59.7 Å². The monoisotopic (exact) mass is 309 g/mol. The van der Waals surface area contributed by atoms with Crippen LogP contribution in [-0.4, -0.2) is 15.0 Å². The molecule has 0 unspecified atom stereocenters. The van der Waals surface area contributed by atoms with Gasteiger partial charge in [0.1, 0.15) is 11.6 Å². The van der Waals surface area contributed by atoms with Gasteiger partial charge in [0.15, 0.2) is 0 Å². The van der Waals surface area contributed by atoms with E-state index in [0.29, 0.717) is 30.6 Å². The molecule has 0 bridgehead atoms. The zero-order valence-corrected chi connectivity index (χ0v) is 11.9. The van der Waals surface area contributed by atoms with Crippen molar-refractivity contribution < 1.29 is 17.2 Å². The molecular weight excluding hydrogens is 296 g/mol. The molecule has 0 radical (unpaired) electrons. The van der Waals surface area contributed by atoms with E-state index in [2.05, 4.69) is 0 Å². The molecular formula is C15H13F2NO2S. The van der Waals surface area contributed by atoms with Crippen LogP contribution in [0.3, 0.4) is 0 Å². The van der Waals surface area contributed by atoms with E-state index in [1.54, 1.807) is 0 Å². The summed E-state index contributed by atoms with van der Waals surface area (Å²) in [5.74, 6) is -0.871. The summed E-state index contributed by atoms with van der Waals surface area (Å²) < 4.78 is 52.8. The van der Waals surface area contributed by atoms with Crippen LogP contribution >= 0.6 is 0 Å². The van der Waals surface area contributed by atoms with E-state index in [4.69, 9.17) is 0 Å². The second-order valence-electron chi connectivity index (χ2n) is 4.91. The van der Waals surface area contributed by atoms with Crippen molar-refractivity contribution >= 4 is 15.7 Å². The van der Waals surface area contributed by atoms with Crippen LogP contribution < -0.4 is 4.31 Å². The minimum atomic E-state index is -3.76. The Morgan fingerprint density at radius 3 is 2.33 bits per heavy atom. The van der Waals surface area contributed by atoms with Crippen LogP contribution in [0.5, 0.6) is 0 Å². The SMILES string of the molecule is O=S(=O)(c1ccc(F)cc1)N1CCCc2cc(F)ccc21. The van der Waals surface area contributed by atoms with Crippen molar-refractivity contribution in [2.75, 3.05) is 10.8 Å². The average molecular weight is 309 g/mol. The number of anilines is 1. The molecule has 1 aliphatic rings. The highest BCUT2D eigenvalue weighted by Crippen LogP contribution is 2.32. The molecule has 6 heteroatoms. The third-order valence-electron chi connectivity index (χ3n) is 3.52. The van der Waals surface area contributed by atoms with Crippen LogP contribution in [0, 0.1) is 11.6 Å². The van der Waals surface area contributed by atoms with Crippen molar-refractivity contribution in [2.45, 2.75) is 17.7 Å². The van der Waals surface area contributed by atoms with Gasteiger partial charge in [0, 0.05) is 6.54 Å². The molecule has 2 aromatic rings. The highest BCUT2D eigenvalue weighted by molar-refractivity contribution is 7.92. The number of rotatable bonds is 2. The fraction of sp³-hybridized carbons (Fsp3) is 0.200. The second kappa shape index (κ2) is 5.11. The number of nitrogens with zero attached hydrogens (tertiary/aromatic N) is 1. The van der Waals surface area contributed by atoms with Gasteiger partial charge in [-0.1, -0.05) is 0 Å². The van der Waals surface area contributed by atoms with Crippen molar-refractivity contribution in [1.82, 2.24) is 0 Å². The quantitative estimate of drug-likeness (QED) is 0.855. The Bertz CT molecular complexity index is 773. The topological polar surface area (TPSA) is 37.4 Å². The Kier molecular flexibility index (Phi) is 3.41. The summed E-state index contributed by atoms with van der Waals surface area (Å²) in [5, 5.41) is 0. The third kappa shape index (κ3) is 2.51. The molecule has 0 saturated carbocycles. The van der Waals surface area contributed by atoms with Gasteiger partial charge in [-0.15, -0.1) is 0 Å². The smallest absolute Gasteiger partial charge is 0.264 e. The lowest BCUT2D eigenvalue weighted by Crippen LogP contribution is -2.35. The van der Waals surface area contributed by atoms with Gasteiger partial charge >= 0.3 is 0 Å². The summed E-state index contributed by atoms with van der Waals surface area (Å²) >= 11 is 0. The number of hydrogen-bond donors (Lipinski definition) is 0. The summed E-state index contributed by atoms with van der Waals surface area (Å²) in [4.78, 5) is 0.0288. The number of hydrogen-bond acceptors (Lipinski definition) is 2. The Balaban J connectivity index is 2.07. The number of benzene rings is 2. The van der Waals surface area contributed by atoms with Gasteiger partial charge < -0.3 is 0 Å². The number of aryl methyl sites for hydroxylation is 1. The van der Waals surface area contributed by atoms with Gasteiger partial charge in [-0.3, -0.25) is 4.31 Å². The molecule has 0 spiro atoms. The maximum absolute atomic E-state index is 13.3. The van der Waals surface area contributed by atoms with Crippen molar-refractivity contribution in [2.24, 2.45) is 0 Å². The van der Waals surface area contributed by atoms with Crippen LogP contribution in [0.2, 0.25) is 0 Å². The third-order valence-corrected chi connectivity index (χ3v) is 5.35. The second-order valence-corrected chi connectivity index (χ2v) is 6.77. The minimum absolute atomic E-state index is 0.0288. The summed E-state index contributed by atoms with van der Waals surface area (Å²) in [6.07, 6.45) is 1.26. The summed E-state index contributed by atoms with van der Waals surface area (Å²) in [7, 11) is -3.76. The first-order valence-electron chi connectivity index (χ1n) is 6.55. The largest absolute Gasteiger partial charge is 0.266 e. The van der Waals surface area contributed by atoms with Gasteiger partial charge in [-0.25, -0.2) is 17.2 Å². The maximum atomic E-state index is 13.3. The van der Waals surface area contributed by atoms with E-state index in [-0.39, 0.29) is 10.7 Å². The molecule has 0 N–H and O–H groups in total. The highest BCUT2D eigenvalue weighted by Gasteiger charge is 2.29. The van der Waals surface area contributed by atoms with Crippen LogP contribution in [-0.2, 0) is 16.4 Å². The molecule has 1 heterocycles. The van der Waals surface area contributed by atoms with Gasteiger partial charge in [-0.2, -0.15) is 0 Å². The lowest BCUT2D eigenvalue weighted by Gasteiger charge is -2.30. The molecule has 0 fully saturated rings. The van der Waals surface area contributed by atoms with Crippen molar-refractivity contribution in [1.29, 1.82) is 0 Å². The summed E-state index contributed by atoms with van der Waals surface area (Å²) in [6, 6.07) is 8.79. The van der Waals surface area contributed by atoms with Crippen LogP contribution in [0.1, 0.15) is 12.0 Å². The average Bonchev–Trinajstić information content (AvgIpc) is 2.46. The molecule has 3 nitrogen and oxygen atoms in total. The first-order valence-corrected chi connectivity index (χ1v) is 7.99. The van der Waals surface area contributed by atoms with E-state index in [1.807, 2.05) is 0 Å². The first kappa shape index (κ1) is 14.0. The minimum Gasteiger partial charge on any atom is -0.266 e. The zero-order valence-electron chi connectivity index (χ0n) is 11.1. The standard InChI is InChI=1S/C15H13F2NO2S/c16-12-3-6-14(7-4-12)21(19,20)18-9-1-2-11-10-13(17)5-8-15(11)18/h3-8,10H,1-2,9H2. The normalized spacial score (nSPS) is 14.9. The summed E-state index contributed by atoms with van der Waals surface area (Å²) in [6.45, 7) is 0.332. The van der Waals surface area contributed by atoms with E-state index in [0.717, 1.165) is 12.1 Å². The van der Waals surface area contributed by atoms with Crippen LogP contribution in [0.25, 0.3) is 0 Å². The Morgan fingerprint density at radius 2 is 1.62 bits per heavy atom. The first-order chi connectivity index (χ1) is 9.98. The summed E-state index contributed by atoms with van der Waals surface area (Å²) in [5.41, 5.74) is 1.17. The maximum Gasteiger partial charge on any atom is 0.264 e. The predicted octanol–water partition coefficient (Wildman–Crippen LogP) is 3.11. The lowest BCUT2D eigenvalue weighted by atomic mass is 10.0. The highest BCUT2D eigenvalue weighted by atomic mass is 32.2. The van der Waals surface area contributed by atoms with Crippen molar-refractivity contribution in [3.8, 4) is 0 Å².